The third-order valence-corrected chi connectivity index (χ3v) is 5.50. The Balaban J connectivity index is 1.60. The van der Waals surface area contributed by atoms with Crippen molar-refractivity contribution in [2.24, 2.45) is 0 Å². The van der Waals surface area contributed by atoms with Crippen molar-refractivity contribution in [3.05, 3.63) is 58.6 Å². The topological polar surface area (TPSA) is 68.0 Å². The molecular formula is C21H22ClN3O2S. The van der Waals surface area contributed by atoms with Gasteiger partial charge in [0, 0.05) is 16.3 Å². The molecule has 1 N–H and O–H groups in total. The maximum atomic E-state index is 12.2. The fourth-order valence-electron chi connectivity index (χ4n) is 2.55. The van der Waals surface area contributed by atoms with Crippen molar-refractivity contribution in [3.8, 4) is 11.5 Å². The van der Waals surface area contributed by atoms with Gasteiger partial charge in [0.2, 0.25) is 11.8 Å². The predicted octanol–water partition coefficient (Wildman–Crippen LogP) is 5.73. The van der Waals surface area contributed by atoms with Crippen LogP contribution in [-0.2, 0) is 10.2 Å². The minimum atomic E-state index is -0.162. The second kappa shape index (κ2) is 8.37. The van der Waals surface area contributed by atoms with Crippen LogP contribution in [0.5, 0.6) is 0 Å². The summed E-state index contributed by atoms with van der Waals surface area (Å²) in [6, 6.07) is 13.5. The SMILES string of the molecule is Cc1c(Cl)cccc1NC(=O)CSc1nnc(-c2ccc(C(C)(C)C)cc2)o1. The molecule has 0 atom stereocenters. The summed E-state index contributed by atoms with van der Waals surface area (Å²) in [6.45, 7) is 8.36. The Kier molecular flexibility index (Phi) is 6.10. The van der Waals surface area contributed by atoms with Crippen molar-refractivity contribution in [3.63, 3.8) is 0 Å². The van der Waals surface area contributed by atoms with Gasteiger partial charge in [-0.05, 0) is 47.7 Å². The van der Waals surface area contributed by atoms with Gasteiger partial charge in [-0.2, -0.15) is 0 Å². The monoisotopic (exact) mass is 415 g/mol. The molecule has 3 aromatic rings. The van der Waals surface area contributed by atoms with Gasteiger partial charge in [-0.3, -0.25) is 4.79 Å². The van der Waals surface area contributed by atoms with E-state index in [0.717, 1.165) is 11.1 Å². The summed E-state index contributed by atoms with van der Waals surface area (Å²) in [6.07, 6.45) is 0. The standard InChI is InChI=1S/C21H22ClN3O2S/c1-13-16(22)6-5-7-17(13)23-18(26)12-28-20-25-24-19(27-20)14-8-10-15(11-9-14)21(2,3)4/h5-11H,12H2,1-4H3,(H,23,26). The van der Waals surface area contributed by atoms with Crippen LogP contribution in [0.4, 0.5) is 5.69 Å². The minimum absolute atomic E-state index is 0.0864. The summed E-state index contributed by atoms with van der Waals surface area (Å²) in [5, 5.41) is 11.9. The molecule has 2 aromatic carbocycles. The molecule has 5 nitrogen and oxygen atoms in total. The van der Waals surface area contributed by atoms with E-state index < -0.39 is 0 Å². The highest BCUT2D eigenvalue weighted by atomic mass is 35.5. The lowest BCUT2D eigenvalue weighted by molar-refractivity contribution is -0.113. The molecule has 0 unspecified atom stereocenters. The van der Waals surface area contributed by atoms with Crippen molar-refractivity contribution >= 4 is 35.0 Å². The first-order chi connectivity index (χ1) is 13.2. The molecule has 0 fully saturated rings. The summed E-state index contributed by atoms with van der Waals surface area (Å²) in [7, 11) is 0. The van der Waals surface area contributed by atoms with Crippen LogP contribution in [-0.4, -0.2) is 21.9 Å². The van der Waals surface area contributed by atoms with E-state index in [4.69, 9.17) is 16.0 Å². The molecule has 0 saturated carbocycles. The van der Waals surface area contributed by atoms with Gasteiger partial charge in [0.1, 0.15) is 0 Å². The van der Waals surface area contributed by atoms with Gasteiger partial charge in [-0.1, -0.05) is 62.3 Å². The first kappa shape index (κ1) is 20.4. The lowest BCUT2D eigenvalue weighted by atomic mass is 9.87. The second-order valence-corrected chi connectivity index (χ2v) is 8.78. The van der Waals surface area contributed by atoms with Crippen LogP contribution in [0.3, 0.4) is 0 Å². The molecule has 1 heterocycles. The zero-order valence-electron chi connectivity index (χ0n) is 16.2. The van der Waals surface area contributed by atoms with E-state index in [1.807, 2.05) is 25.1 Å². The summed E-state index contributed by atoms with van der Waals surface area (Å²) < 4.78 is 5.68. The first-order valence-corrected chi connectivity index (χ1v) is 10.2. The number of aromatic nitrogens is 2. The number of carbonyl (C=O) groups excluding carboxylic acids is 1. The average molecular weight is 416 g/mol. The van der Waals surface area contributed by atoms with Crippen molar-refractivity contribution in [1.29, 1.82) is 0 Å². The number of benzene rings is 2. The quantitative estimate of drug-likeness (QED) is 0.539. The van der Waals surface area contributed by atoms with Gasteiger partial charge in [0.05, 0.1) is 5.75 Å². The Hall–Kier alpha value is -2.31. The van der Waals surface area contributed by atoms with Crippen LogP contribution >= 0.6 is 23.4 Å². The Labute approximate surface area is 173 Å². The molecule has 1 amide bonds. The molecule has 0 radical (unpaired) electrons. The number of rotatable bonds is 5. The number of anilines is 1. The van der Waals surface area contributed by atoms with Crippen LogP contribution in [0, 0.1) is 6.92 Å². The molecule has 0 spiro atoms. The normalized spacial score (nSPS) is 11.5. The van der Waals surface area contributed by atoms with Gasteiger partial charge < -0.3 is 9.73 Å². The summed E-state index contributed by atoms with van der Waals surface area (Å²) >= 11 is 7.27. The molecule has 28 heavy (non-hydrogen) atoms. The minimum Gasteiger partial charge on any atom is -0.411 e. The molecule has 0 saturated heterocycles. The van der Waals surface area contributed by atoms with E-state index in [1.54, 1.807) is 12.1 Å². The van der Waals surface area contributed by atoms with Gasteiger partial charge >= 0.3 is 0 Å². The first-order valence-electron chi connectivity index (χ1n) is 8.86. The van der Waals surface area contributed by atoms with Crippen LogP contribution < -0.4 is 5.32 Å². The zero-order valence-corrected chi connectivity index (χ0v) is 17.8. The van der Waals surface area contributed by atoms with Crippen molar-refractivity contribution < 1.29 is 9.21 Å². The van der Waals surface area contributed by atoms with E-state index in [-0.39, 0.29) is 17.1 Å². The van der Waals surface area contributed by atoms with E-state index in [0.29, 0.717) is 21.8 Å². The Morgan fingerprint density at radius 1 is 1.14 bits per heavy atom. The van der Waals surface area contributed by atoms with E-state index in [1.165, 1.54) is 17.3 Å². The van der Waals surface area contributed by atoms with Crippen LogP contribution in [0.15, 0.2) is 52.1 Å². The predicted molar refractivity (Wildman–Crippen MR) is 114 cm³/mol. The number of nitrogens with zero attached hydrogens (tertiary/aromatic N) is 2. The summed E-state index contributed by atoms with van der Waals surface area (Å²) in [4.78, 5) is 12.2. The maximum Gasteiger partial charge on any atom is 0.277 e. The average Bonchev–Trinajstić information content (AvgIpc) is 3.12. The Morgan fingerprint density at radius 3 is 2.54 bits per heavy atom. The highest BCUT2D eigenvalue weighted by Crippen LogP contribution is 2.28. The number of thioether (sulfide) groups is 1. The Bertz CT molecular complexity index is 978. The van der Waals surface area contributed by atoms with Crippen molar-refractivity contribution in [2.75, 3.05) is 11.1 Å². The lowest BCUT2D eigenvalue weighted by Gasteiger charge is -2.18. The molecule has 1 aromatic heterocycles. The molecule has 3 rings (SSSR count). The third-order valence-electron chi connectivity index (χ3n) is 4.27. The molecule has 146 valence electrons. The number of carbonyl (C=O) groups is 1. The largest absolute Gasteiger partial charge is 0.411 e. The molecule has 0 aliphatic rings. The van der Waals surface area contributed by atoms with Crippen molar-refractivity contribution in [1.82, 2.24) is 10.2 Å². The van der Waals surface area contributed by atoms with Crippen molar-refractivity contribution in [2.45, 2.75) is 38.3 Å². The smallest absolute Gasteiger partial charge is 0.277 e. The van der Waals surface area contributed by atoms with Gasteiger partial charge in [0.25, 0.3) is 5.22 Å². The molecule has 0 aliphatic carbocycles. The lowest BCUT2D eigenvalue weighted by Crippen LogP contribution is -2.14. The molecule has 7 heteroatoms. The zero-order chi connectivity index (χ0) is 20.3. The highest BCUT2D eigenvalue weighted by Gasteiger charge is 2.15. The fourth-order valence-corrected chi connectivity index (χ4v) is 3.29. The van der Waals surface area contributed by atoms with E-state index >= 15 is 0 Å². The molecule has 0 aliphatic heterocycles. The summed E-state index contributed by atoms with van der Waals surface area (Å²) in [5.41, 5.74) is 3.71. The summed E-state index contributed by atoms with van der Waals surface area (Å²) in [5.74, 6) is 0.440. The molecular weight excluding hydrogens is 394 g/mol. The number of halogens is 1. The van der Waals surface area contributed by atoms with Gasteiger partial charge in [-0.25, -0.2) is 0 Å². The fraction of sp³-hybridized carbons (Fsp3) is 0.286. The van der Waals surface area contributed by atoms with E-state index in [2.05, 4.69) is 48.4 Å². The van der Waals surface area contributed by atoms with E-state index in [9.17, 15) is 4.79 Å². The second-order valence-electron chi connectivity index (χ2n) is 7.45. The highest BCUT2D eigenvalue weighted by molar-refractivity contribution is 7.99. The maximum absolute atomic E-state index is 12.2. The van der Waals surface area contributed by atoms with Gasteiger partial charge in [0.15, 0.2) is 0 Å². The van der Waals surface area contributed by atoms with Crippen LogP contribution in [0.25, 0.3) is 11.5 Å². The number of hydrogen-bond donors (Lipinski definition) is 1. The van der Waals surface area contributed by atoms with Crippen LogP contribution in [0.1, 0.15) is 31.9 Å². The third kappa shape index (κ3) is 4.94. The van der Waals surface area contributed by atoms with Gasteiger partial charge in [-0.15, -0.1) is 10.2 Å². The van der Waals surface area contributed by atoms with Crippen LogP contribution in [0.2, 0.25) is 5.02 Å². The number of amides is 1. The molecule has 0 bridgehead atoms. The Morgan fingerprint density at radius 2 is 1.86 bits per heavy atom. The number of hydrogen-bond acceptors (Lipinski definition) is 5. The number of nitrogens with one attached hydrogen (secondary N) is 1.